The number of amides is 3. The first-order valence-corrected chi connectivity index (χ1v) is 8.27. The van der Waals surface area contributed by atoms with Gasteiger partial charge in [0.15, 0.2) is 0 Å². The molecule has 8 heteroatoms. The smallest absolute Gasteiger partial charge is 0.254 e. The number of primary amides is 2. The normalized spacial score (nSPS) is 10.7. The lowest BCUT2D eigenvalue weighted by Gasteiger charge is -2.19. The van der Waals surface area contributed by atoms with Crippen LogP contribution in [0.2, 0.25) is 0 Å². The summed E-state index contributed by atoms with van der Waals surface area (Å²) in [4.78, 5) is 40.6. The summed E-state index contributed by atoms with van der Waals surface area (Å²) in [7, 11) is 0. The molecular weight excluding hydrogens is 346 g/mol. The molecule has 0 aliphatic heterocycles. The molecule has 3 rings (SSSR count). The van der Waals surface area contributed by atoms with Crippen LogP contribution in [0.3, 0.4) is 0 Å². The van der Waals surface area contributed by atoms with E-state index < -0.39 is 30.8 Å². The maximum Gasteiger partial charge on any atom is 0.254 e. The van der Waals surface area contributed by atoms with Crippen molar-refractivity contribution in [2.24, 2.45) is 11.5 Å². The minimum Gasteiger partial charge on any atom is -0.368 e. The Bertz CT molecular complexity index is 1010. The number of hydrogen-bond acceptors (Lipinski definition) is 4. The molecule has 0 aliphatic rings. The van der Waals surface area contributed by atoms with Gasteiger partial charge in [0.1, 0.15) is 18.9 Å². The zero-order valence-corrected chi connectivity index (χ0v) is 14.8. The molecule has 8 nitrogen and oxygen atoms in total. The van der Waals surface area contributed by atoms with E-state index in [1.165, 1.54) is 0 Å². The van der Waals surface area contributed by atoms with E-state index in [0.717, 1.165) is 21.9 Å². The fourth-order valence-electron chi connectivity index (χ4n) is 3.00. The Labute approximate surface area is 155 Å². The zero-order valence-electron chi connectivity index (χ0n) is 14.8. The number of hydrogen-bond donors (Lipinski definition) is 2. The molecule has 3 amide bonds. The predicted molar refractivity (Wildman–Crippen MR) is 100 cm³/mol. The Morgan fingerprint density at radius 1 is 1.00 bits per heavy atom. The van der Waals surface area contributed by atoms with Gasteiger partial charge in [0.25, 0.3) is 5.91 Å². The van der Waals surface area contributed by atoms with E-state index in [4.69, 9.17) is 11.5 Å². The summed E-state index contributed by atoms with van der Waals surface area (Å²) in [6.07, 6.45) is 0. The van der Waals surface area contributed by atoms with E-state index in [1.807, 2.05) is 41.8 Å². The molecule has 2 aromatic carbocycles. The Kier molecular flexibility index (Phi) is 4.89. The molecule has 1 aromatic heterocycles. The minimum atomic E-state index is -0.727. The van der Waals surface area contributed by atoms with E-state index in [9.17, 15) is 14.4 Å². The third-order valence-corrected chi connectivity index (χ3v) is 4.06. The van der Waals surface area contributed by atoms with Crippen molar-refractivity contribution in [2.45, 2.75) is 6.92 Å². The summed E-state index contributed by atoms with van der Waals surface area (Å²) in [5.41, 5.74) is 13.0. The third-order valence-electron chi connectivity index (χ3n) is 4.06. The molecule has 0 saturated heterocycles. The van der Waals surface area contributed by atoms with Gasteiger partial charge in [-0.05, 0) is 37.3 Å². The van der Waals surface area contributed by atoms with Crippen LogP contribution in [0.15, 0.2) is 48.5 Å². The molecule has 138 valence electrons. The van der Waals surface area contributed by atoms with Crippen molar-refractivity contribution in [3.8, 4) is 5.69 Å². The molecule has 0 unspecified atom stereocenters. The van der Waals surface area contributed by atoms with E-state index in [1.54, 1.807) is 18.2 Å². The van der Waals surface area contributed by atoms with Gasteiger partial charge in [-0.1, -0.05) is 18.2 Å². The van der Waals surface area contributed by atoms with Gasteiger partial charge in [0.2, 0.25) is 11.8 Å². The molecule has 3 aromatic rings. The van der Waals surface area contributed by atoms with E-state index in [-0.39, 0.29) is 0 Å². The second-order valence-corrected chi connectivity index (χ2v) is 6.13. The molecule has 1 heterocycles. The minimum absolute atomic E-state index is 0.294. The summed E-state index contributed by atoms with van der Waals surface area (Å²) < 4.78 is 1.98. The van der Waals surface area contributed by atoms with Crippen molar-refractivity contribution < 1.29 is 14.4 Å². The summed E-state index contributed by atoms with van der Waals surface area (Å²) in [6, 6.07) is 14.8. The van der Waals surface area contributed by atoms with Crippen LogP contribution >= 0.6 is 0 Å². The van der Waals surface area contributed by atoms with Gasteiger partial charge in [-0.2, -0.15) is 0 Å². The van der Waals surface area contributed by atoms with Gasteiger partial charge in [-0.25, -0.2) is 4.98 Å². The highest BCUT2D eigenvalue weighted by atomic mass is 16.2. The van der Waals surface area contributed by atoms with E-state index in [0.29, 0.717) is 11.1 Å². The van der Waals surface area contributed by atoms with Crippen molar-refractivity contribution >= 4 is 28.8 Å². The molecule has 4 N–H and O–H groups in total. The molecular formula is C19H19N5O3. The molecule has 0 radical (unpaired) electrons. The van der Waals surface area contributed by atoms with Crippen LogP contribution in [-0.2, 0) is 9.59 Å². The topological polar surface area (TPSA) is 124 Å². The number of aryl methyl sites for hydroxylation is 1. The molecule has 0 bridgehead atoms. The van der Waals surface area contributed by atoms with Crippen LogP contribution in [0.25, 0.3) is 16.7 Å². The highest BCUT2D eigenvalue weighted by molar-refractivity contribution is 6.00. The first kappa shape index (κ1) is 18.1. The van der Waals surface area contributed by atoms with E-state index in [2.05, 4.69) is 4.98 Å². The maximum atomic E-state index is 12.7. The van der Waals surface area contributed by atoms with Crippen molar-refractivity contribution in [2.75, 3.05) is 13.1 Å². The van der Waals surface area contributed by atoms with Crippen molar-refractivity contribution in [3.63, 3.8) is 0 Å². The number of imidazole rings is 1. The fraction of sp³-hybridized carbons (Fsp3) is 0.158. The Balaban J connectivity index is 2.00. The SMILES string of the molecule is Cc1nc2cc(C(=O)N(CC(N)=O)CC(N)=O)ccc2n1-c1ccccc1. The summed E-state index contributed by atoms with van der Waals surface area (Å²) >= 11 is 0. The summed E-state index contributed by atoms with van der Waals surface area (Å²) in [5, 5.41) is 0. The van der Waals surface area contributed by atoms with Crippen LogP contribution in [0, 0.1) is 6.92 Å². The number of para-hydroxylation sites is 1. The van der Waals surface area contributed by atoms with Crippen molar-refractivity contribution in [1.29, 1.82) is 0 Å². The lowest BCUT2D eigenvalue weighted by molar-refractivity contribution is -0.121. The summed E-state index contributed by atoms with van der Waals surface area (Å²) in [5.74, 6) is -1.20. The fourth-order valence-corrected chi connectivity index (χ4v) is 3.00. The van der Waals surface area contributed by atoms with Crippen molar-refractivity contribution in [1.82, 2.24) is 14.5 Å². The van der Waals surface area contributed by atoms with Crippen LogP contribution < -0.4 is 11.5 Å². The number of fused-ring (bicyclic) bond motifs is 1. The number of carbonyl (C=O) groups excluding carboxylic acids is 3. The van der Waals surface area contributed by atoms with Gasteiger partial charge in [-0.3, -0.25) is 19.0 Å². The Hall–Kier alpha value is -3.68. The van der Waals surface area contributed by atoms with Crippen molar-refractivity contribution in [3.05, 3.63) is 59.9 Å². The average molecular weight is 365 g/mol. The Morgan fingerprint density at radius 2 is 1.63 bits per heavy atom. The van der Waals surface area contributed by atoms with Gasteiger partial charge >= 0.3 is 0 Å². The highest BCUT2D eigenvalue weighted by Crippen LogP contribution is 2.22. The molecule has 0 spiro atoms. The quantitative estimate of drug-likeness (QED) is 0.668. The van der Waals surface area contributed by atoms with Crippen LogP contribution in [0.4, 0.5) is 0 Å². The number of aromatic nitrogens is 2. The van der Waals surface area contributed by atoms with Crippen LogP contribution in [0.5, 0.6) is 0 Å². The molecule has 0 atom stereocenters. The molecule has 0 aliphatic carbocycles. The van der Waals surface area contributed by atoms with Gasteiger partial charge in [0.05, 0.1) is 11.0 Å². The average Bonchev–Trinajstić information content (AvgIpc) is 2.95. The van der Waals surface area contributed by atoms with Gasteiger partial charge in [-0.15, -0.1) is 0 Å². The third kappa shape index (κ3) is 3.79. The number of nitrogens with zero attached hydrogens (tertiary/aromatic N) is 3. The Morgan fingerprint density at radius 3 is 2.22 bits per heavy atom. The second-order valence-electron chi connectivity index (χ2n) is 6.13. The number of benzene rings is 2. The largest absolute Gasteiger partial charge is 0.368 e. The predicted octanol–water partition coefficient (Wildman–Crippen LogP) is 0.747. The molecule has 0 saturated carbocycles. The van der Waals surface area contributed by atoms with Gasteiger partial charge < -0.3 is 16.4 Å². The maximum absolute atomic E-state index is 12.7. The highest BCUT2D eigenvalue weighted by Gasteiger charge is 2.21. The van der Waals surface area contributed by atoms with E-state index >= 15 is 0 Å². The van der Waals surface area contributed by atoms with Crippen LogP contribution in [-0.4, -0.2) is 45.3 Å². The lowest BCUT2D eigenvalue weighted by atomic mass is 10.1. The first-order valence-electron chi connectivity index (χ1n) is 8.27. The van der Waals surface area contributed by atoms with Gasteiger partial charge in [0, 0.05) is 11.3 Å². The second kappa shape index (κ2) is 7.28. The summed E-state index contributed by atoms with van der Waals surface area (Å²) in [6.45, 7) is 1.09. The number of rotatable bonds is 6. The molecule has 0 fully saturated rings. The standard InChI is InChI=1S/C19H19N5O3/c1-12-22-15-9-13(19(27)23(10-17(20)25)11-18(21)26)7-8-16(15)24(12)14-5-3-2-4-6-14/h2-9H,10-11H2,1H3,(H2,20,25)(H2,21,26). The monoisotopic (exact) mass is 365 g/mol. The molecule has 27 heavy (non-hydrogen) atoms. The zero-order chi connectivity index (χ0) is 19.6. The first-order chi connectivity index (χ1) is 12.9. The van der Waals surface area contributed by atoms with Crippen LogP contribution in [0.1, 0.15) is 16.2 Å². The number of nitrogens with two attached hydrogens (primary N) is 2. The lowest BCUT2D eigenvalue weighted by Crippen LogP contribution is -2.43. The number of carbonyl (C=O) groups is 3.